The van der Waals surface area contributed by atoms with Gasteiger partial charge in [0.25, 0.3) is 0 Å². The molecule has 0 aliphatic heterocycles. The van der Waals surface area contributed by atoms with Gasteiger partial charge >= 0.3 is 17.1 Å². The molecule has 0 aromatic heterocycles. The van der Waals surface area contributed by atoms with Gasteiger partial charge in [0.15, 0.2) is 8.32 Å². The second kappa shape index (κ2) is 10.7. The Labute approximate surface area is 163 Å². The zero-order valence-electron chi connectivity index (χ0n) is 16.0. The van der Waals surface area contributed by atoms with Gasteiger partial charge in [0, 0.05) is 17.9 Å². The van der Waals surface area contributed by atoms with Crippen molar-refractivity contribution in [1.82, 2.24) is 0 Å². The summed E-state index contributed by atoms with van der Waals surface area (Å²) in [5.74, 6) is 2.28. The second-order valence-electron chi connectivity index (χ2n) is 7.63. The predicted octanol–water partition coefficient (Wildman–Crippen LogP) is 4.57. The first-order valence-electron chi connectivity index (χ1n) is 8.33. The summed E-state index contributed by atoms with van der Waals surface area (Å²) in [4.78, 5) is 0. The first kappa shape index (κ1) is 24.7. The van der Waals surface area contributed by atoms with Crippen molar-refractivity contribution in [1.29, 1.82) is 0 Å². The maximum Gasteiger partial charge on any atom is 2.00 e. The van der Waals surface area contributed by atoms with E-state index in [4.69, 9.17) is 9.53 Å². The maximum atomic E-state index is 8.91. The molecule has 0 aromatic carbocycles. The van der Waals surface area contributed by atoms with Gasteiger partial charge in [0.2, 0.25) is 0 Å². The van der Waals surface area contributed by atoms with Crippen molar-refractivity contribution in [3.8, 4) is 0 Å². The molecule has 24 heavy (non-hydrogen) atoms. The number of hydrogen-bond acceptors (Lipinski definition) is 2. The molecule has 2 rings (SSSR count). The Balaban J connectivity index is 0.000000498. The van der Waals surface area contributed by atoms with Crippen molar-refractivity contribution in [3.05, 3.63) is 63.2 Å². The first-order chi connectivity index (χ1) is 10.5. The van der Waals surface area contributed by atoms with E-state index in [1.807, 2.05) is 25.7 Å². The van der Waals surface area contributed by atoms with Crippen LogP contribution in [0, 0.1) is 63.2 Å². The Bertz CT molecular complexity index is 327. The molecule has 0 saturated heterocycles. The molecule has 0 bridgehead atoms. The minimum absolute atomic E-state index is 0. The quantitative estimate of drug-likeness (QED) is 0.715. The van der Waals surface area contributed by atoms with E-state index < -0.39 is 8.32 Å². The summed E-state index contributed by atoms with van der Waals surface area (Å²) >= 11 is 0. The summed E-state index contributed by atoms with van der Waals surface area (Å²) in [5, 5.41) is 9.20. The zero-order chi connectivity index (χ0) is 17.7. The first-order valence-corrected chi connectivity index (χ1v) is 11.2. The maximum absolute atomic E-state index is 8.91. The van der Waals surface area contributed by atoms with E-state index >= 15 is 0 Å². The molecule has 0 heterocycles. The molecule has 0 spiro atoms. The van der Waals surface area contributed by atoms with Gasteiger partial charge in [-0.1, -0.05) is 20.8 Å². The molecule has 1 N–H and O–H groups in total. The monoisotopic (exact) mass is 388 g/mol. The van der Waals surface area contributed by atoms with Crippen LogP contribution in [0.25, 0.3) is 0 Å². The number of hydrogen-bond donors (Lipinski definition) is 1. The topological polar surface area (TPSA) is 29.5 Å². The molecule has 10 radical (unpaired) electrons. The Morgan fingerprint density at radius 2 is 1.25 bits per heavy atom. The largest absolute Gasteiger partial charge is 2.00 e. The van der Waals surface area contributed by atoms with Crippen LogP contribution in [-0.2, 0) is 21.5 Å². The van der Waals surface area contributed by atoms with Crippen LogP contribution in [0.1, 0.15) is 34.6 Å². The van der Waals surface area contributed by atoms with Crippen LogP contribution in [0.5, 0.6) is 0 Å². The SMILES string of the molecule is C[C@@H](O)[C]1[CH][CH][CH][CH]1.C[C@H](O[Si](C)(C)C(C)(C)C)[C]1[CH][CH][CH][CH]1.[Fe+2]. The smallest absolute Gasteiger partial charge is 0.414 e. The van der Waals surface area contributed by atoms with Crippen LogP contribution >= 0.6 is 0 Å². The van der Waals surface area contributed by atoms with E-state index in [1.54, 1.807) is 6.92 Å². The summed E-state index contributed by atoms with van der Waals surface area (Å²) in [5.41, 5.74) is 0. The molecular formula is C20H32FeO2Si+2. The van der Waals surface area contributed by atoms with Crippen LogP contribution in [0.3, 0.4) is 0 Å². The van der Waals surface area contributed by atoms with Crippen LogP contribution < -0.4 is 0 Å². The van der Waals surface area contributed by atoms with Gasteiger partial charge in [0.05, 0.1) is 6.10 Å². The van der Waals surface area contributed by atoms with E-state index in [1.165, 1.54) is 5.92 Å². The minimum Gasteiger partial charge on any atom is -0.414 e. The summed E-state index contributed by atoms with van der Waals surface area (Å²) in [6.07, 6.45) is 16.0. The molecule has 2 saturated carbocycles. The minimum atomic E-state index is -1.62. The normalized spacial score (nSPS) is 22.5. The van der Waals surface area contributed by atoms with Crippen molar-refractivity contribution in [2.45, 2.75) is 65.0 Å². The summed E-state index contributed by atoms with van der Waals surface area (Å²) in [7, 11) is -1.62. The fourth-order valence-corrected chi connectivity index (χ4v) is 3.39. The summed E-state index contributed by atoms with van der Waals surface area (Å²) < 4.78 is 6.29. The van der Waals surface area contributed by atoms with Crippen LogP contribution in [-0.4, -0.2) is 25.6 Å². The fourth-order valence-electron chi connectivity index (χ4n) is 2.01. The van der Waals surface area contributed by atoms with Gasteiger partial charge in [-0.25, -0.2) is 0 Å². The van der Waals surface area contributed by atoms with Crippen LogP contribution in [0.2, 0.25) is 18.1 Å². The molecule has 0 unspecified atom stereocenters. The van der Waals surface area contributed by atoms with Crippen LogP contribution in [0.15, 0.2) is 0 Å². The summed E-state index contributed by atoms with van der Waals surface area (Å²) in [6, 6.07) is 0. The van der Waals surface area contributed by atoms with Gasteiger partial charge in [-0.3, -0.25) is 0 Å². The Hall–Kier alpha value is 0.656. The van der Waals surface area contributed by atoms with E-state index in [9.17, 15) is 0 Å². The zero-order valence-corrected chi connectivity index (χ0v) is 18.1. The molecule has 2 atom stereocenters. The van der Waals surface area contributed by atoms with Gasteiger partial charge in [0.1, 0.15) is 0 Å². The van der Waals surface area contributed by atoms with E-state index in [2.05, 4.69) is 66.5 Å². The number of aliphatic hydroxyl groups excluding tert-OH is 1. The predicted molar refractivity (Wildman–Crippen MR) is 100 cm³/mol. The molecular weight excluding hydrogens is 356 g/mol. The molecule has 0 aromatic rings. The van der Waals surface area contributed by atoms with Gasteiger partial charge < -0.3 is 9.53 Å². The molecule has 2 nitrogen and oxygen atoms in total. The van der Waals surface area contributed by atoms with E-state index in [-0.39, 0.29) is 34.3 Å². The standard InChI is InChI=1S/C13H23OSi.C7H9O.Fe/c1-11(12-9-7-8-10-12)14-15(5,6)13(2,3)4;1-6(8)7-4-2-3-5-7;/h7-11H,1-6H3;2-6,8H,1H3;/q;;+2/t11-;6-;/m01./s1. The van der Waals surface area contributed by atoms with Crippen molar-refractivity contribution >= 4 is 8.32 Å². The van der Waals surface area contributed by atoms with Crippen molar-refractivity contribution in [2.24, 2.45) is 0 Å². The third-order valence-electron chi connectivity index (χ3n) is 4.61. The number of aliphatic hydroxyl groups is 1. The summed E-state index contributed by atoms with van der Waals surface area (Å²) in [6.45, 7) is 15.3. The van der Waals surface area contributed by atoms with Crippen LogP contribution in [0.4, 0.5) is 0 Å². The third kappa shape index (κ3) is 7.91. The van der Waals surface area contributed by atoms with Gasteiger partial charge in [-0.05, 0) is 83.3 Å². The molecule has 2 aliphatic carbocycles. The van der Waals surface area contributed by atoms with Gasteiger partial charge in [-0.15, -0.1) is 0 Å². The average Bonchev–Trinajstić information content (AvgIpc) is 3.11. The second-order valence-corrected chi connectivity index (χ2v) is 12.4. The van der Waals surface area contributed by atoms with E-state index in [0.717, 1.165) is 5.92 Å². The van der Waals surface area contributed by atoms with Crippen molar-refractivity contribution in [3.63, 3.8) is 0 Å². The Morgan fingerprint density at radius 3 is 1.54 bits per heavy atom. The number of rotatable bonds is 4. The van der Waals surface area contributed by atoms with Crippen molar-refractivity contribution in [2.75, 3.05) is 0 Å². The van der Waals surface area contributed by atoms with E-state index in [0.29, 0.717) is 0 Å². The molecule has 134 valence electrons. The van der Waals surface area contributed by atoms with Crippen molar-refractivity contribution < 1.29 is 26.6 Å². The van der Waals surface area contributed by atoms with Gasteiger partial charge in [-0.2, -0.15) is 0 Å². The average molecular weight is 388 g/mol. The Morgan fingerprint density at radius 1 is 0.875 bits per heavy atom. The molecule has 2 fully saturated rings. The third-order valence-corrected chi connectivity index (χ3v) is 9.16. The fraction of sp³-hybridized carbons (Fsp3) is 0.500. The molecule has 4 heteroatoms. The molecule has 2 aliphatic rings. The molecule has 0 amide bonds. The Kier molecular flexibility index (Phi) is 11.0.